The summed E-state index contributed by atoms with van der Waals surface area (Å²) in [6, 6.07) is 17.9. The van der Waals surface area contributed by atoms with Gasteiger partial charge in [0.05, 0.1) is 5.75 Å². The fourth-order valence-electron chi connectivity index (χ4n) is 1.33. The second-order valence-corrected chi connectivity index (χ2v) is 3.42. The summed E-state index contributed by atoms with van der Waals surface area (Å²) in [6.45, 7) is 4.43. The molecule has 0 amide bonds. The maximum Gasteiger partial charge on any atom is 0.113 e. The van der Waals surface area contributed by atoms with Gasteiger partial charge in [-0.25, -0.2) is 0 Å². The average Bonchev–Trinajstić information content (AvgIpc) is 2.30. The minimum atomic E-state index is 0. The zero-order valence-corrected chi connectivity index (χ0v) is 11.9. The van der Waals surface area contributed by atoms with E-state index >= 15 is 0 Å². The van der Waals surface area contributed by atoms with E-state index in [9.17, 15) is 0 Å². The van der Waals surface area contributed by atoms with Crippen molar-refractivity contribution in [2.75, 3.05) is 0 Å². The Hall–Kier alpha value is -0.786. The van der Waals surface area contributed by atoms with Gasteiger partial charge in [0.1, 0.15) is 6.61 Å². The molecule has 0 atom stereocenters. The first-order chi connectivity index (χ1) is 7.34. The van der Waals surface area contributed by atoms with Crippen LogP contribution in [0.1, 0.15) is 11.1 Å². The van der Waals surface area contributed by atoms with Crippen molar-refractivity contribution in [2.24, 2.45) is 0 Å². The van der Waals surface area contributed by atoms with Crippen molar-refractivity contribution < 1.29 is 37.4 Å². The summed E-state index contributed by atoms with van der Waals surface area (Å²) in [6.07, 6.45) is 0. The quantitative estimate of drug-likeness (QED) is 0.785. The Morgan fingerprint density at radius 3 is 2.12 bits per heavy atom. The fourth-order valence-corrected chi connectivity index (χ4v) is 1.33. The molecule has 0 saturated heterocycles. The molecule has 79 valence electrons. The summed E-state index contributed by atoms with van der Waals surface area (Å²) in [5.41, 5.74) is 2.18. The summed E-state index contributed by atoms with van der Waals surface area (Å²) in [7, 11) is 0. The van der Waals surface area contributed by atoms with Gasteiger partial charge in [-0.15, -0.1) is 0 Å². The van der Waals surface area contributed by atoms with E-state index in [1.54, 1.807) is 0 Å². The molecule has 2 aromatic rings. The molecule has 0 fully saturated rings. The van der Waals surface area contributed by atoms with Crippen LogP contribution in [0.25, 0.3) is 0 Å². The molecule has 0 unspecified atom stereocenters. The summed E-state index contributed by atoms with van der Waals surface area (Å²) >= 11 is 0. The normalized spacial score (nSPS) is 9.25. The van der Waals surface area contributed by atoms with Crippen LogP contribution in [0.5, 0.6) is 5.75 Å². The predicted molar refractivity (Wildman–Crippen MR) is 61.7 cm³/mol. The molecule has 0 bridgehead atoms. The third-order valence-corrected chi connectivity index (χ3v) is 2.17. The third kappa shape index (κ3) is 3.99. The van der Waals surface area contributed by atoms with Crippen molar-refractivity contribution in [3.05, 3.63) is 72.6 Å². The Bertz CT molecular complexity index is 409. The molecule has 16 heavy (non-hydrogen) atoms. The molecular formula is C14H13OY-. The molecule has 0 saturated carbocycles. The Morgan fingerprint density at radius 2 is 1.50 bits per heavy atom. The van der Waals surface area contributed by atoms with E-state index in [0.29, 0.717) is 6.61 Å². The van der Waals surface area contributed by atoms with Gasteiger partial charge in [0.15, 0.2) is 0 Å². The van der Waals surface area contributed by atoms with Gasteiger partial charge in [0, 0.05) is 32.7 Å². The smallest absolute Gasteiger partial charge is 0.113 e. The number of ether oxygens (including phenoxy) is 1. The fraction of sp³-hybridized carbons (Fsp3) is 0.0714. The second-order valence-electron chi connectivity index (χ2n) is 3.42. The van der Waals surface area contributed by atoms with E-state index in [1.165, 1.54) is 5.56 Å². The number of hydrogen-bond acceptors (Lipinski definition) is 1. The van der Waals surface area contributed by atoms with Crippen LogP contribution in [0.2, 0.25) is 0 Å². The molecule has 0 N–H and O–H groups in total. The van der Waals surface area contributed by atoms with Gasteiger partial charge in [-0.1, -0.05) is 42.5 Å². The van der Waals surface area contributed by atoms with Gasteiger partial charge < -0.3 is 4.74 Å². The molecular weight excluding hydrogens is 273 g/mol. The van der Waals surface area contributed by atoms with Gasteiger partial charge in [0.2, 0.25) is 0 Å². The van der Waals surface area contributed by atoms with Crippen LogP contribution >= 0.6 is 0 Å². The first kappa shape index (κ1) is 13.3. The van der Waals surface area contributed by atoms with Crippen LogP contribution in [-0.4, -0.2) is 0 Å². The van der Waals surface area contributed by atoms with E-state index in [4.69, 9.17) is 4.74 Å². The van der Waals surface area contributed by atoms with Crippen LogP contribution in [0, 0.1) is 6.92 Å². The molecule has 0 aromatic heterocycles. The Balaban J connectivity index is 0.00000128. The molecule has 2 heteroatoms. The first-order valence-corrected chi connectivity index (χ1v) is 4.93. The Labute approximate surface area is 122 Å². The van der Waals surface area contributed by atoms with Crippen LogP contribution in [0.15, 0.2) is 54.6 Å². The summed E-state index contributed by atoms with van der Waals surface area (Å²) in [5, 5.41) is 0. The SMILES string of the molecule is [CH2-]c1ccc(OCc2ccccc2)cc1.[Y]. The number of rotatable bonds is 3. The Kier molecular flexibility index (Phi) is 5.58. The van der Waals surface area contributed by atoms with Crippen molar-refractivity contribution in [3.63, 3.8) is 0 Å². The van der Waals surface area contributed by atoms with Crippen molar-refractivity contribution in [2.45, 2.75) is 6.61 Å². The van der Waals surface area contributed by atoms with E-state index in [-0.39, 0.29) is 32.7 Å². The molecule has 0 aliphatic heterocycles. The van der Waals surface area contributed by atoms with Gasteiger partial charge in [-0.05, 0) is 5.56 Å². The molecule has 2 aromatic carbocycles. The maximum absolute atomic E-state index is 5.62. The van der Waals surface area contributed by atoms with Crippen molar-refractivity contribution in [3.8, 4) is 5.75 Å². The summed E-state index contributed by atoms with van der Waals surface area (Å²) in [5.74, 6) is 0.881. The van der Waals surface area contributed by atoms with E-state index in [1.807, 2.05) is 42.5 Å². The Morgan fingerprint density at radius 1 is 0.875 bits per heavy atom. The standard InChI is InChI=1S/C14H13O.Y/c1-12-7-9-14(10-8-12)15-11-13-5-3-2-4-6-13;/h2-10H,1,11H2;/q-1;. The van der Waals surface area contributed by atoms with Crippen molar-refractivity contribution in [1.29, 1.82) is 0 Å². The molecule has 0 aliphatic carbocycles. The minimum Gasteiger partial charge on any atom is -0.491 e. The van der Waals surface area contributed by atoms with Crippen LogP contribution < -0.4 is 4.74 Å². The molecule has 0 spiro atoms. The molecule has 1 radical (unpaired) electrons. The largest absolute Gasteiger partial charge is 0.491 e. The summed E-state index contributed by atoms with van der Waals surface area (Å²) in [4.78, 5) is 0. The monoisotopic (exact) mass is 286 g/mol. The average molecular weight is 286 g/mol. The first-order valence-electron chi connectivity index (χ1n) is 4.93. The van der Waals surface area contributed by atoms with Crippen LogP contribution in [0.3, 0.4) is 0 Å². The number of hydrogen-bond donors (Lipinski definition) is 0. The second kappa shape index (κ2) is 6.72. The van der Waals surface area contributed by atoms with Crippen LogP contribution in [0.4, 0.5) is 0 Å². The van der Waals surface area contributed by atoms with Gasteiger partial charge in [0.25, 0.3) is 0 Å². The zero-order chi connectivity index (χ0) is 10.5. The minimum absolute atomic E-state index is 0. The zero-order valence-electron chi connectivity index (χ0n) is 9.10. The van der Waals surface area contributed by atoms with Crippen molar-refractivity contribution >= 4 is 0 Å². The van der Waals surface area contributed by atoms with Crippen molar-refractivity contribution in [1.82, 2.24) is 0 Å². The summed E-state index contributed by atoms with van der Waals surface area (Å²) < 4.78 is 5.62. The predicted octanol–water partition coefficient (Wildman–Crippen LogP) is 3.45. The molecule has 1 nitrogen and oxygen atoms in total. The van der Waals surface area contributed by atoms with Gasteiger partial charge in [-0.2, -0.15) is 24.6 Å². The third-order valence-electron chi connectivity index (χ3n) is 2.17. The van der Waals surface area contributed by atoms with Gasteiger partial charge >= 0.3 is 0 Å². The molecule has 0 aliphatic rings. The van der Waals surface area contributed by atoms with E-state index in [2.05, 4.69) is 19.1 Å². The maximum atomic E-state index is 5.62. The van der Waals surface area contributed by atoms with Crippen LogP contribution in [-0.2, 0) is 39.3 Å². The molecule has 2 rings (SSSR count). The van der Waals surface area contributed by atoms with Gasteiger partial charge in [-0.3, -0.25) is 0 Å². The van der Waals surface area contributed by atoms with E-state index < -0.39 is 0 Å². The molecule has 0 heterocycles. The topological polar surface area (TPSA) is 9.23 Å². The van der Waals surface area contributed by atoms with E-state index in [0.717, 1.165) is 11.3 Å². The number of benzene rings is 2.